The van der Waals surface area contributed by atoms with Crippen molar-refractivity contribution >= 4 is 29.5 Å². The molecule has 1 aliphatic carbocycles. The van der Waals surface area contributed by atoms with E-state index in [0.717, 1.165) is 27.0 Å². The van der Waals surface area contributed by atoms with Crippen LogP contribution in [0.15, 0.2) is 0 Å². The summed E-state index contributed by atoms with van der Waals surface area (Å²) in [6.45, 7) is 4.98. The number of carbonyl (C=O) groups is 1. The SMILES string of the molecule is Cc1[nH]c(=S)sc1CC(=O)NCC(C)C1CC1. The first-order valence-electron chi connectivity index (χ1n) is 6.01. The third kappa shape index (κ3) is 3.64. The average molecular weight is 270 g/mol. The number of hydrogen-bond acceptors (Lipinski definition) is 3. The van der Waals surface area contributed by atoms with Crippen molar-refractivity contribution in [1.29, 1.82) is 0 Å². The van der Waals surface area contributed by atoms with Crippen LogP contribution in [0.25, 0.3) is 0 Å². The van der Waals surface area contributed by atoms with Crippen LogP contribution in [0.4, 0.5) is 0 Å². The van der Waals surface area contributed by atoms with Crippen molar-refractivity contribution < 1.29 is 4.79 Å². The zero-order valence-electron chi connectivity index (χ0n) is 10.2. The molecule has 0 radical (unpaired) electrons. The van der Waals surface area contributed by atoms with Crippen LogP contribution in [0.2, 0.25) is 0 Å². The van der Waals surface area contributed by atoms with E-state index >= 15 is 0 Å². The molecular formula is C12H18N2OS2. The summed E-state index contributed by atoms with van der Waals surface area (Å²) in [6.07, 6.45) is 3.10. The fraction of sp³-hybridized carbons (Fsp3) is 0.667. The number of aromatic nitrogens is 1. The van der Waals surface area contributed by atoms with E-state index < -0.39 is 0 Å². The number of carbonyl (C=O) groups excluding carboxylic acids is 1. The summed E-state index contributed by atoms with van der Waals surface area (Å²) in [6, 6.07) is 0. The van der Waals surface area contributed by atoms with E-state index in [1.165, 1.54) is 24.2 Å². The van der Waals surface area contributed by atoms with Gasteiger partial charge >= 0.3 is 0 Å². The molecule has 1 heterocycles. The molecule has 0 aromatic carbocycles. The molecule has 2 N–H and O–H groups in total. The summed E-state index contributed by atoms with van der Waals surface area (Å²) in [7, 11) is 0. The Kier molecular flexibility index (Phi) is 3.99. The minimum Gasteiger partial charge on any atom is -0.356 e. The lowest BCUT2D eigenvalue weighted by atomic mass is 10.1. The number of aryl methyl sites for hydroxylation is 1. The Hall–Kier alpha value is -0.680. The van der Waals surface area contributed by atoms with Gasteiger partial charge in [0.25, 0.3) is 0 Å². The van der Waals surface area contributed by atoms with Crippen molar-refractivity contribution in [1.82, 2.24) is 10.3 Å². The summed E-state index contributed by atoms with van der Waals surface area (Å²) in [5.74, 6) is 1.56. The minimum atomic E-state index is 0.103. The van der Waals surface area contributed by atoms with Crippen molar-refractivity contribution in [2.75, 3.05) is 6.54 Å². The summed E-state index contributed by atoms with van der Waals surface area (Å²) in [5, 5.41) is 3.01. The predicted octanol–water partition coefficient (Wildman–Crippen LogP) is 2.82. The number of nitrogens with one attached hydrogen (secondary N) is 2. The summed E-state index contributed by atoms with van der Waals surface area (Å²) in [4.78, 5) is 15.9. The van der Waals surface area contributed by atoms with Crippen LogP contribution in [-0.4, -0.2) is 17.4 Å². The van der Waals surface area contributed by atoms with Gasteiger partial charge in [-0.3, -0.25) is 4.79 Å². The molecule has 5 heteroatoms. The van der Waals surface area contributed by atoms with Crippen LogP contribution in [0.1, 0.15) is 30.3 Å². The molecule has 3 nitrogen and oxygen atoms in total. The lowest BCUT2D eigenvalue weighted by Crippen LogP contribution is -2.30. The van der Waals surface area contributed by atoms with Gasteiger partial charge in [0.15, 0.2) is 3.95 Å². The Balaban J connectivity index is 1.80. The van der Waals surface area contributed by atoms with Crippen LogP contribution in [0, 0.1) is 22.7 Å². The van der Waals surface area contributed by atoms with Gasteiger partial charge in [0.05, 0.1) is 6.42 Å². The van der Waals surface area contributed by atoms with E-state index in [2.05, 4.69) is 17.2 Å². The van der Waals surface area contributed by atoms with Gasteiger partial charge in [-0.05, 0) is 43.8 Å². The highest BCUT2D eigenvalue weighted by atomic mass is 32.1. The van der Waals surface area contributed by atoms with Crippen molar-refractivity contribution in [2.24, 2.45) is 11.8 Å². The zero-order chi connectivity index (χ0) is 12.4. The predicted molar refractivity (Wildman–Crippen MR) is 72.8 cm³/mol. The standard InChI is InChI=1S/C12H18N2OS2/c1-7(9-3-4-9)6-13-11(15)5-10-8(2)14-12(16)17-10/h7,9H,3-6H2,1-2H3,(H,13,15)(H,14,16). The first-order chi connectivity index (χ1) is 8.06. The fourth-order valence-corrected chi connectivity index (χ4v) is 3.21. The van der Waals surface area contributed by atoms with E-state index in [0.29, 0.717) is 12.3 Å². The second-order valence-electron chi connectivity index (χ2n) is 4.86. The molecule has 1 saturated carbocycles. The molecule has 1 unspecified atom stereocenters. The van der Waals surface area contributed by atoms with Gasteiger partial charge in [-0.25, -0.2) is 0 Å². The third-order valence-corrected chi connectivity index (χ3v) is 4.63. The van der Waals surface area contributed by atoms with Crippen molar-refractivity contribution in [2.45, 2.75) is 33.1 Å². The maximum absolute atomic E-state index is 11.8. The number of thiazole rings is 1. The molecule has 0 saturated heterocycles. The normalized spacial score (nSPS) is 16.8. The number of rotatable bonds is 5. The summed E-state index contributed by atoms with van der Waals surface area (Å²) < 4.78 is 0.747. The van der Waals surface area contributed by atoms with Crippen LogP contribution in [0.3, 0.4) is 0 Å². The largest absolute Gasteiger partial charge is 0.356 e. The molecule has 17 heavy (non-hydrogen) atoms. The van der Waals surface area contributed by atoms with Gasteiger partial charge in [0, 0.05) is 17.1 Å². The highest BCUT2D eigenvalue weighted by Crippen LogP contribution is 2.36. The highest BCUT2D eigenvalue weighted by molar-refractivity contribution is 7.73. The first-order valence-corrected chi connectivity index (χ1v) is 7.24. The molecule has 94 valence electrons. The fourth-order valence-electron chi connectivity index (χ4n) is 1.92. The van der Waals surface area contributed by atoms with Gasteiger partial charge in [-0.2, -0.15) is 0 Å². The zero-order valence-corrected chi connectivity index (χ0v) is 11.8. The average Bonchev–Trinajstić information content (AvgIpc) is 3.04. The molecule has 0 aliphatic heterocycles. The second kappa shape index (κ2) is 5.31. The van der Waals surface area contributed by atoms with Gasteiger partial charge in [-0.1, -0.05) is 6.92 Å². The van der Waals surface area contributed by atoms with Gasteiger partial charge in [0.1, 0.15) is 0 Å². The van der Waals surface area contributed by atoms with Gasteiger partial charge in [0.2, 0.25) is 5.91 Å². The van der Waals surface area contributed by atoms with E-state index in [1.807, 2.05) is 6.92 Å². The molecule has 1 aliphatic rings. The lowest BCUT2D eigenvalue weighted by molar-refractivity contribution is -0.120. The second-order valence-corrected chi connectivity index (χ2v) is 6.63. The topological polar surface area (TPSA) is 44.9 Å². The Morgan fingerprint density at radius 3 is 2.88 bits per heavy atom. The van der Waals surface area contributed by atoms with E-state index in [-0.39, 0.29) is 5.91 Å². The Morgan fingerprint density at radius 1 is 1.65 bits per heavy atom. The molecule has 1 aromatic rings. The van der Waals surface area contributed by atoms with Crippen LogP contribution in [0.5, 0.6) is 0 Å². The van der Waals surface area contributed by atoms with E-state index in [1.54, 1.807) is 0 Å². The van der Waals surface area contributed by atoms with E-state index in [4.69, 9.17) is 12.2 Å². The Bertz CT molecular complexity index is 459. The molecule has 0 spiro atoms. The quantitative estimate of drug-likeness (QED) is 0.808. The molecule has 1 atom stereocenters. The van der Waals surface area contributed by atoms with Crippen LogP contribution < -0.4 is 5.32 Å². The molecular weight excluding hydrogens is 252 g/mol. The van der Waals surface area contributed by atoms with Gasteiger partial charge < -0.3 is 10.3 Å². The summed E-state index contributed by atoms with van der Waals surface area (Å²) >= 11 is 6.55. The molecule has 1 aromatic heterocycles. The monoisotopic (exact) mass is 270 g/mol. The van der Waals surface area contributed by atoms with Crippen LogP contribution in [-0.2, 0) is 11.2 Å². The molecule has 0 bridgehead atoms. The Labute approximate surface area is 111 Å². The van der Waals surface area contributed by atoms with Crippen molar-refractivity contribution in [3.63, 3.8) is 0 Å². The Morgan fingerprint density at radius 2 is 2.35 bits per heavy atom. The maximum atomic E-state index is 11.8. The number of H-pyrrole nitrogens is 1. The molecule has 2 rings (SSSR count). The molecule has 1 fully saturated rings. The number of amides is 1. The minimum absolute atomic E-state index is 0.103. The highest BCUT2D eigenvalue weighted by Gasteiger charge is 2.27. The molecule has 1 amide bonds. The number of aromatic amines is 1. The van der Waals surface area contributed by atoms with Gasteiger partial charge in [-0.15, -0.1) is 11.3 Å². The maximum Gasteiger partial charge on any atom is 0.225 e. The summed E-state index contributed by atoms with van der Waals surface area (Å²) in [5.41, 5.74) is 1.02. The lowest BCUT2D eigenvalue weighted by Gasteiger charge is -2.10. The number of hydrogen-bond donors (Lipinski definition) is 2. The van der Waals surface area contributed by atoms with Crippen LogP contribution >= 0.6 is 23.6 Å². The van der Waals surface area contributed by atoms with E-state index in [9.17, 15) is 4.79 Å². The smallest absolute Gasteiger partial charge is 0.225 e. The third-order valence-electron chi connectivity index (χ3n) is 3.29. The van der Waals surface area contributed by atoms with Crippen molar-refractivity contribution in [3.8, 4) is 0 Å². The first kappa shape index (κ1) is 12.8. The van der Waals surface area contributed by atoms with Crippen molar-refractivity contribution in [3.05, 3.63) is 14.5 Å².